The lowest BCUT2D eigenvalue weighted by atomic mass is 10.2. The van der Waals surface area contributed by atoms with Gasteiger partial charge in [-0.2, -0.15) is 0 Å². The number of nitrogens with one attached hydrogen (secondary N) is 1. The minimum absolute atomic E-state index is 0.120. The van der Waals surface area contributed by atoms with Crippen LogP contribution in [0.1, 0.15) is 11.3 Å². The highest BCUT2D eigenvalue weighted by atomic mass is 16.6. The molecule has 0 aliphatic rings. The first-order valence-electron chi connectivity index (χ1n) is 6.55. The fourth-order valence-corrected chi connectivity index (χ4v) is 2.18. The molecule has 0 saturated heterocycles. The first-order valence-corrected chi connectivity index (χ1v) is 6.55. The molecule has 106 valence electrons. The first kappa shape index (κ1) is 13.1. The lowest BCUT2D eigenvalue weighted by molar-refractivity contribution is -0.385. The second kappa shape index (κ2) is 5.24. The van der Waals surface area contributed by atoms with Crippen LogP contribution in [0.15, 0.2) is 48.8 Å². The molecule has 21 heavy (non-hydrogen) atoms. The number of hydrogen-bond donors (Lipinski definition) is 1. The van der Waals surface area contributed by atoms with E-state index >= 15 is 0 Å². The van der Waals surface area contributed by atoms with Gasteiger partial charge in [0.2, 0.25) is 0 Å². The van der Waals surface area contributed by atoms with Gasteiger partial charge in [0.1, 0.15) is 5.65 Å². The summed E-state index contributed by atoms with van der Waals surface area (Å²) in [4.78, 5) is 15.0. The highest BCUT2D eigenvalue weighted by molar-refractivity contribution is 5.55. The molecule has 0 atom stereocenters. The molecule has 3 aromatic rings. The molecular weight excluding hydrogens is 268 g/mol. The molecule has 6 nitrogen and oxygen atoms in total. The number of aryl methyl sites for hydroxylation is 1. The summed E-state index contributed by atoms with van der Waals surface area (Å²) < 4.78 is 1.94. The van der Waals surface area contributed by atoms with Gasteiger partial charge in [-0.3, -0.25) is 10.1 Å². The van der Waals surface area contributed by atoms with E-state index in [2.05, 4.69) is 10.3 Å². The minimum Gasteiger partial charge on any atom is -0.379 e. The predicted molar refractivity (Wildman–Crippen MR) is 80.4 cm³/mol. The van der Waals surface area contributed by atoms with Gasteiger partial charge < -0.3 is 9.72 Å². The Morgan fingerprint density at radius 3 is 2.95 bits per heavy atom. The maximum atomic E-state index is 10.9. The summed E-state index contributed by atoms with van der Waals surface area (Å²) in [5.41, 5.74) is 3.24. The van der Waals surface area contributed by atoms with Gasteiger partial charge in [-0.15, -0.1) is 0 Å². The average Bonchev–Trinajstić information content (AvgIpc) is 2.89. The van der Waals surface area contributed by atoms with Gasteiger partial charge in [0, 0.05) is 29.7 Å². The normalized spacial score (nSPS) is 10.7. The van der Waals surface area contributed by atoms with Crippen molar-refractivity contribution in [2.45, 2.75) is 13.5 Å². The molecule has 1 aromatic carbocycles. The van der Waals surface area contributed by atoms with Gasteiger partial charge in [-0.25, -0.2) is 4.98 Å². The standard InChI is InChI=1S/C15H14N4O2/c1-11-5-6-12(8-14(11)19(20)21)16-9-13-10-18-7-3-2-4-15(18)17-13/h2-8,10,16H,9H2,1H3. The van der Waals surface area contributed by atoms with Crippen molar-refractivity contribution >= 4 is 17.0 Å². The van der Waals surface area contributed by atoms with Crippen LogP contribution in [0.3, 0.4) is 0 Å². The second-order valence-corrected chi connectivity index (χ2v) is 4.81. The summed E-state index contributed by atoms with van der Waals surface area (Å²) in [6.07, 6.45) is 3.87. The van der Waals surface area contributed by atoms with Crippen LogP contribution in [-0.2, 0) is 6.54 Å². The zero-order valence-corrected chi connectivity index (χ0v) is 11.5. The van der Waals surface area contributed by atoms with Crippen LogP contribution in [-0.4, -0.2) is 14.3 Å². The molecule has 3 rings (SSSR count). The summed E-state index contributed by atoms with van der Waals surface area (Å²) in [5, 5.41) is 14.1. The van der Waals surface area contributed by atoms with Crippen LogP contribution < -0.4 is 5.32 Å². The number of anilines is 1. The number of nitrogens with zero attached hydrogens (tertiary/aromatic N) is 3. The van der Waals surface area contributed by atoms with Gasteiger partial charge >= 0.3 is 0 Å². The Bertz CT molecular complexity index is 777. The fraction of sp³-hybridized carbons (Fsp3) is 0.133. The quantitative estimate of drug-likeness (QED) is 0.589. The molecule has 1 N–H and O–H groups in total. The average molecular weight is 282 g/mol. The molecular formula is C15H14N4O2. The number of nitro groups is 1. The molecule has 2 aromatic heterocycles. The van der Waals surface area contributed by atoms with E-state index in [0.717, 1.165) is 11.3 Å². The van der Waals surface area contributed by atoms with Crippen molar-refractivity contribution < 1.29 is 4.92 Å². The van der Waals surface area contributed by atoms with Gasteiger partial charge in [0.15, 0.2) is 0 Å². The van der Waals surface area contributed by atoms with E-state index in [1.54, 1.807) is 19.1 Å². The topological polar surface area (TPSA) is 72.5 Å². The summed E-state index contributed by atoms with van der Waals surface area (Å²) in [5.74, 6) is 0. The molecule has 2 heterocycles. The van der Waals surface area contributed by atoms with Crippen molar-refractivity contribution in [2.24, 2.45) is 0 Å². The second-order valence-electron chi connectivity index (χ2n) is 4.81. The third-order valence-electron chi connectivity index (χ3n) is 3.29. The number of rotatable bonds is 4. The fourth-order valence-electron chi connectivity index (χ4n) is 2.18. The van der Waals surface area contributed by atoms with Crippen molar-refractivity contribution in [1.29, 1.82) is 0 Å². The van der Waals surface area contributed by atoms with Crippen LogP contribution in [0.4, 0.5) is 11.4 Å². The predicted octanol–water partition coefficient (Wildman–Crippen LogP) is 3.16. The van der Waals surface area contributed by atoms with E-state index in [1.807, 2.05) is 41.1 Å². The van der Waals surface area contributed by atoms with Crippen LogP contribution in [0.5, 0.6) is 0 Å². The molecule has 0 spiro atoms. The van der Waals surface area contributed by atoms with Gasteiger partial charge in [-0.05, 0) is 25.1 Å². The lowest BCUT2D eigenvalue weighted by Gasteiger charge is -2.05. The molecule has 0 fully saturated rings. The van der Waals surface area contributed by atoms with Crippen LogP contribution in [0.25, 0.3) is 5.65 Å². The Morgan fingerprint density at radius 2 is 2.19 bits per heavy atom. The van der Waals surface area contributed by atoms with E-state index in [4.69, 9.17) is 0 Å². The zero-order chi connectivity index (χ0) is 14.8. The summed E-state index contributed by atoms with van der Waals surface area (Å²) in [7, 11) is 0. The number of pyridine rings is 1. The highest BCUT2D eigenvalue weighted by Crippen LogP contribution is 2.22. The first-order chi connectivity index (χ1) is 10.1. The van der Waals surface area contributed by atoms with Crippen LogP contribution in [0, 0.1) is 17.0 Å². The number of imidazole rings is 1. The molecule has 0 unspecified atom stereocenters. The third kappa shape index (κ3) is 2.69. The van der Waals surface area contributed by atoms with Crippen LogP contribution >= 0.6 is 0 Å². The summed E-state index contributed by atoms with van der Waals surface area (Å²) in [6, 6.07) is 10.9. The van der Waals surface area contributed by atoms with E-state index in [9.17, 15) is 10.1 Å². The number of benzene rings is 1. The van der Waals surface area contributed by atoms with Gasteiger partial charge in [0.25, 0.3) is 5.69 Å². The van der Waals surface area contributed by atoms with E-state index in [0.29, 0.717) is 17.8 Å². The molecule has 0 saturated carbocycles. The van der Waals surface area contributed by atoms with Crippen molar-refractivity contribution in [1.82, 2.24) is 9.38 Å². The molecule has 0 aliphatic heterocycles. The Balaban J connectivity index is 1.78. The monoisotopic (exact) mass is 282 g/mol. The molecule has 0 bridgehead atoms. The van der Waals surface area contributed by atoms with Gasteiger partial charge in [0.05, 0.1) is 17.2 Å². The number of aromatic nitrogens is 2. The van der Waals surface area contributed by atoms with Crippen molar-refractivity contribution in [3.63, 3.8) is 0 Å². The van der Waals surface area contributed by atoms with E-state index < -0.39 is 0 Å². The highest BCUT2D eigenvalue weighted by Gasteiger charge is 2.11. The third-order valence-corrected chi connectivity index (χ3v) is 3.29. The summed E-state index contributed by atoms with van der Waals surface area (Å²) in [6.45, 7) is 2.24. The Labute approximate surface area is 121 Å². The maximum absolute atomic E-state index is 10.9. The van der Waals surface area contributed by atoms with E-state index in [-0.39, 0.29) is 10.6 Å². The number of nitro benzene ring substituents is 1. The Morgan fingerprint density at radius 1 is 1.33 bits per heavy atom. The Hall–Kier alpha value is -2.89. The molecule has 0 aliphatic carbocycles. The van der Waals surface area contributed by atoms with Crippen LogP contribution in [0.2, 0.25) is 0 Å². The number of hydrogen-bond acceptors (Lipinski definition) is 4. The summed E-state index contributed by atoms with van der Waals surface area (Å²) >= 11 is 0. The number of fused-ring (bicyclic) bond motifs is 1. The largest absolute Gasteiger partial charge is 0.379 e. The lowest BCUT2D eigenvalue weighted by Crippen LogP contribution is -2.01. The maximum Gasteiger partial charge on any atom is 0.274 e. The van der Waals surface area contributed by atoms with Crippen molar-refractivity contribution in [2.75, 3.05) is 5.32 Å². The molecule has 0 amide bonds. The van der Waals surface area contributed by atoms with Gasteiger partial charge in [-0.1, -0.05) is 12.1 Å². The van der Waals surface area contributed by atoms with Crippen molar-refractivity contribution in [3.8, 4) is 0 Å². The zero-order valence-electron chi connectivity index (χ0n) is 11.5. The van der Waals surface area contributed by atoms with Crippen molar-refractivity contribution in [3.05, 3.63) is 70.2 Å². The SMILES string of the molecule is Cc1ccc(NCc2cn3ccccc3n2)cc1[N+](=O)[O-]. The minimum atomic E-state index is -0.370. The molecule has 6 heteroatoms. The smallest absolute Gasteiger partial charge is 0.274 e. The Kier molecular flexibility index (Phi) is 3.27. The molecule has 0 radical (unpaired) electrons. The van der Waals surface area contributed by atoms with E-state index in [1.165, 1.54) is 0 Å².